The Bertz CT molecular complexity index is 527. The van der Waals surface area contributed by atoms with Crippen LogP contribution < -0.4 is 10.6 Å². The van der Waals surface area contributed by atoms with Gasteiger partial charge in [0.05, 0.1) is 11.0 Å². The second kappa shape index (κ2) is 7.03. The molecule has 1 aliphatic heterocycles. The van der Waals surface area contributed by atoms with Crippen molar-refractivity contribution in [2.24, 2.45) is 0 Å². The van der Waals surface area contributed by atoms with E-state index < -0.39 is 4.92 Å². The number of ether oxygens (including phenoxy) is 1. The molecule has 0 aliphatic carbocycles. The zero-order chi connectivity index (χ0) is 15.2. The average Bonchev–Trinajstić information content (AvgIpc) is 2.99. The number of carbonyl (C=O) groups excluding carboxylic acids is 1. The van der Waals surface area contributed by atoms with Crippen molar-refractivity contribution in [3.8, 4) is 0 Å². The van der Waals surface area contributed by atoms with Gasteiger partial charge < -0.3 is 15.4 Å². The Morgan fingerprint density at radius 2 is 2.33 bits per heavy atom. The minimum absolute atomic E-state index is 0.0324. The van der Waals surface area contributed by atoms with Gasteiger partial charge in [-0.2, -0.15) is 0 Å². The van der Waals surface area contributed by atoms with E-state index in [9.17, 15) is 14.9 Å². The van der Waals surface area contributed by atoms with E-state index in [2.05, 4.69) is 10.6 Å². The number of nitro benzene ring substituents is 1. The van der Waals surface area contributed by atoms with Crippen molar-refractivity contribution in [1.82, 2.24) is 5.32 Å². The summed E-state index contributed by atoms with van der Waals surface area (Å²) in [7, 11) is 1.52. The number of nitrogens with one attached hydrogen (secondary N) is 2. The van der Waals surface area contributed by atoms with Crippen molar-refractivity contribution >= 4 is 17.3 Å². The van der Waals surface area contributed by atoms with E-state index in [1.54, 1.807) is 0 Å². The fourth-order valence-corrected chi connectivity index (χ4v) is 2.36. The molecule has 7 nitrogen and oxygen atoms in total. The van der Waals surface area contributed by atoms with E-state index in [1.165, 1.54) is 25.2 Å². The predicted molar refractivity (Wildman–Crippen MR) is 78.6 cm³/mol. The first kappa shape index (κ1) is 15.2. The van der Waals surface area contributed by atoms with E-state index in [0.29, 0.717) is 17.8 Å². The molecule has 21 heavy (non-hydrogen) atoms. The number of hydrogen-bond donors (Lipinski definition) is 2. The van der Waals surface area contributed by atoms with Crippen molar-refractivity contribution in [3.05, 3.63) is 33.9 Å². The van der Waals surface area contributed by atoms with E-state index in [1.807, 2.05) is 0 Å². The average molecular weight is 293 g/mol. The molecule has 114 valence electrons. The van der Waals surface area contributed by atoms with Gasteiger partial charge in [-0.15, -0.1) is 0 Å². The Labute approximate surface area is 122 Å². The Kier molecular flexibility index (Phi) is 5.10. The van der Waals surface area contributed by atoms with E-state index >= 15 is 0 Å². The second-order valence-electron chi connectivity index (χ2n) is 4.92. The Hall–Kier alpha value is -2.15. The van der Waals surface area contributed by atoms with Gasteiger partial charge >= 0.3 is 0 Å². The molecule has 1 saturated heterocycles. The van der Waals surface area contributed by atoms with Gasteiger partial charge in [-0.05, 0) is 31.4 Å². The van der Waals surface area contributed by atoms with Crippen molar-refractivity contribution in [3.63, 3.8) is 0 Å². The lowest BCUT2D eigenvalue weighted by Gasteiger charge is -2.12. The molecule has 0 spiro atoms. The smallest absolute Gasteiger partial charge is 0.292 e. The van der Waals surface area contributed by atoms with Crippen LogP contribution in [0.5, 0.6) is 0 Å². The highest BCUT2D eigenvalue weighted by Gasteiger charge is 2.18. The number of rotatable bonds is 6. The molecular weight excluding hydrogens is 274 g/mol. The number of nitrogens with zero attached hydrogens (tertiary/aromatic N) is 1. The zero-order valence-electron chi connectivity index (χ0n) is 11.9. The summed E-state index contributed by atoms with van der Waals surface area (Å²) < 4.78 is 5.51. The summed E-state index contributed by atoms with van der Waals surface area (Å²) in [5.74, 6) is -0.271. The Balaban J connectivity index is 2.06. The lowest BCUT2D eigenvalue weighted by molar-refractivity contribution is -0.384. The van der Waals surface area contributed by atoms with Crippen LogP contribution >= 0.6 is 0 Å². The van der Waals surface area contributed by atoms with Crippen LogP contribution in [-0.4, -0.2) is 37.1 Å². The fourth-order valence-electron chi connectivity index (χ4n) is 2.36. The molecule has 7 heteroatoms. The molecule has 1 heterocycles. The van der Waals surface area contributed by atoms with Crippen LogP contribution in [0.2, 0.25) is 0 Å². The van der Waals surface area contributed by atoms with Crippen molar-refractivity contribution in [1.29, 1.82) is 0 Å². The van der Waals surface area contributed by atoms with Gasteiger partial charge in [0.1, 0.15) is 5.69 Å². The van der Waals surface area contributed by atoms with Gasteiger partial charge in [0.25, 0.3) is 11.6 Å². The monoisotopic (exact) mass is 293 g/mol. The first-order valence-electron chi connectivity index (χ1n) is 6.98. The number of carbonyl (C=O) groups is 1. The molecule has 0 aromatic heterocycles. The maximum absolute atomic E-state index is 11.6. The van der Waals surface area contributed by atoms with Gasteiger partial charge in [-0.1, -0.05) is 0 Å². The number of hydrogen-bond acceptors (Lipinski definition) is 5. The molecule has 1 atom stereocenters. The SMILES string of the molecule is CNC(=O)c1ccc([N+](=O)[O-])c(NCCC2CCCO2)c1. The van der Waals surface area contributed by atoms with Crippen LogP contribution in [0.3, 0.4) is 0 Å². The summed E-state index contributed by atoms with van der Waals surface area (Å²) in [6.07, 6.45) is 3.11. The molecule has 2 N–H and O–H groups in total. The van der Waals surface area contributed by atoms with Gasteiger partial charge in [-0.25, -0.2) is 0 Å². The Morgan fingerprint density at radius 3 is 2.95 bits per heavy atom. The molecule has 1 aromatic carbocycles. The zero-order valence-corrected chi connectivity index (χ0v) is 11.9. The van der Waals surface area contributed by atoms with Crippen molar-refractivity contribution in [2.75, 3.05) is 25.5 Å². The van der Waals surface area contributed by atoms with Gasteiger partial charge in [0, 0.05) is 31.8 Å². The summed E-state index contributed by atoms with van der Waals surface area (Å²) in [5.41, 5.74) is 0.719. The first-order valence-corrected chi connectivity index (χ1v) is 6.98. The minimum Gasteiger partial charge on any atom is -0.379 e. The van der Waals surface area contributed by atoms with Crippen LogP contribution in [0.15, 0.2) is 18.2 Å². The summed E-state index contributed by atoms with van der Waals surface area (Å²) >= 11 is 0. The fraction of sp³-hybridized carbons (Fsp3) is 0.500. The molecule has 1 aliphatic rings. The lowest BCUT2D eigenvalue weighted by atomic mass is 10.1. The molecule has 0 bridgehead atoms. The maximum Gasteiger partial charge on any atom is 0.292 e. The molecule has 1 fully saturated rings. The summed E-state index contributed by atoms with van der Waals surface area (Å²) in [4.78, 5) is 22.2. The highest BCUT2D eigenvalue weighted by Crippen LogP contribution is 2.26. The molecule has 1 unspecified atom stereocenters. The molecule has 2 rings (SSSR count). The highest BCUT2D eigenvalue weighted by atomic mass is 16.6. The number of benzene rings is 1. The lowest BCUT2D eigenvalue weighted by Crippen LogP contribution is -2.18. The number of anilines is 1. The van der Waals surface area contributed by atoms with Crippen LogP contribution in [-0.2, 0) is 4.74 Å². The Morgan fingerprint density at radius 1 is 1.52 bits per heavy atom. The predicted octanol–water partition coefficient (Wildman–Crippen LogP) is 1.94. The third-order valence-electron chi connectivity index (χ3n) is 3.49. The second-order valence-corrected chi connectivity index (χ2v) is 4.92. The van der Waals surface area contributed by atoms with Gasteiger partial charge in [0.2, 0.25) is 0 Å². The van der Waals surface area contributed by atoms with E-state index in [0.717, 1.165) is 25.9 Å². The third kappa shape index (κ3) is 3.91. The third-order valence-corrected chi connectivity index (χ3v) is 3.49. The van der Waals surface area contributed by atoms with Gasteiger partial charge in [-0.3, -0.25) is 14.9 Å². The topological polar surface area (TPSA) is 93.5 Å². The molecule has 1 aromatic rings. The first-order chi connectivity index (χ1) is 10.1. The van der Waals surface area contributed by atoms with Crippen molar-refractivity contribution < 1.29 is 14.5 Å². The van der Waals surface area contributed by atoms with Crippen LogP contribution in [0.1, 0.15) is 29.6 Å². The maximum atomic E-state index is 11.6. The highest BCUT2D eigenvalue weighted by molar-refractivity contribution is 5.95. The molecule has 0 saturated carbocycles. The quantitative estimate of drug-likeness (QED) is 0.617. The van der Waals surface area contributed by atoms with E-state index in [-0.39, 0.29) is 17.7 Å². The standard InChI is InChI=1S/C14H19N3O4/c1-15-14(18)10-4-5-13(17(19)20)12(9-10)16-7-6-11-3-2-8-21-11/h4-5,9,11,16H,2-3,6-8H2,1H3,(H,15,18). The minimum atomic E-state index is -0.456. The van der Waals surface area contributed by atoms with E-state index in [4.69, 9.17) is 4.74 Å². The molecular formula is C14H19N3O4. The number of nitro groups is 1. The van der Waals surface area contributed by atoms with Crippen LogP contribution in [0.25, 0.3) is 0 Å². The van der Waals surface area contributed by atoms with Gasteiger partial charge in [0.15, 0.2) is 0 Å². The summed E-state index contributed by atoms with van der Waals surface area (Å²) in [6, 6.07) is 4.30. The normalized spacial score (nSPS) is 17.5. The van der Waals surface area contributed by atoms with Crippen molar-refractivity contribution in [2.45, 2.75) is 25.4 Å². The summed E-state index contributed by atoms with van der Waals surface area (Å²) in [5, 5.41) is 16.6. The molecule has 1 amide bonds. The van der Waals surface area contributed by atoms with Crippen LogP contribution in [0, 0.1) is 10.1 Å². The number of amides is 1. The van der Waals surface area contributed by atoms with Crippen LogP contribution in [0.4, 0.5) is 11.4 Å². The molecule has 0 radical (unpaired) electrons. The largest absolute Gasteiger partial charge is 0.379 e. The summed E-state index contributed by atoms with van der Waals surface area (Å²) in [6.45, 7) is 1.36.